The summed E-state index contributed by atoms with van der Waals surface area (Å²) in [6.45, 7) is 0. The van der Waals surface area contributed by atoms with E-state index >= 15 is 0 Å². The highest BCUT2D eigenvalue weighted by molar-refractivity contribution is 5.90. The molecule has 2 N–H and O–H groups in total. The van der Waals surface area contributed by atoms with E-state index in [1.807, 2.05) is 23.9 Å². The molecule has 1 aliphatic carbocycles. The van der Waals surface area contributed by atoms with Crippen LogP contribution >= 0.6 is 0 Å². The smallest absolute Gasteiger partial charge is 0.178 e. The monoisotopic (exact) mass is 304 g/mol. The third kappa shape index (κ3) is 1.98. The largest absolute Gasteiger partial charge is 0.337 e. The van der Waals surface area contributed by atoms with Gasteiger partial charge >= 0.3 is 0 Å². The Bertz CT molecular complexity index is 1020. The van der Waals surface area contributed by atoms with E-state index in [9.17, 15) is 0 Å². The van der Waals surface area contributed by atoms with Crippen LogP contribution < -0.4 is 5.32 Å². The van der Waals surface area contributed by atoms with E-state index in [0.29, 0.717) is 5.92 Å². The molecule has 0 bridgehead atoms. The molecule has 3 heterocycles. The molecule has 114 valence electrons. The van der Waals surface area contributed by atoms with Crippen molar-refractivity contribution in [2.24, 2.45) is 7.05 Å². The van der Waals surface area contributed by atoms with Crippen LogP contribution in [-0.4, -0.2) is 25.0 Å². The van der Waals surface area contributed by atoms with Crippen LogP contribution in [0.4, 0.5) is 11.5 Å². The fourth-order valence-corrected chi connectivity index (χ4v) is 3.10. The van der Waals surface area contributed by atoms with Crippen molar-refractivity contribution in [1.29, 1.82) is 0 Å². The second-order valence-electron chi connectivity index (χ2n) is 6.11. The molecular weight excluding hydrogens is 288 g/mol. The number of hydrogen-bond donors (Lipinski definition) is 2. The summed E-state index contributed by atoms with van der Waals surface area (Å²) in [6.07, 6.45) is 4.29. The number of hydrogen-bond acceptors (Lipinski definition) is 4. The minimum atomic E-state index is 0.650. The fraction of sp³-hybridized carbons (Fsp3) is 0.235. The van der Waals surface area contributed by atoms with Gasteiger partial charge in [0.05, 0.1) is 16.7 Å². The Kier molecular flexibility index (Phi) is 2.50. The standard InChI is InChI=1S/C17H16N6/c1-23-14-9-11(6-7-12(14)15(22-23)10-4-5-10)19-17-16-13(20-21-17)3-2-8-18-16/h2-3,6-10H,4-5H2,1H3,(H2,19,20,21). The molecule has 6 heteroatoms. The van der Waals surface area contributed by atoms with Crippen LogP contribution in [0.1, 0.15) is 24.5 Å². The van der Waals surface area contributed by atoms with E-state index in [-0.39, 0.29) is 0 Å². The van der Waals surface area contributed by atoms with Crippen molar-refractivity contribution in [3.63, 3.8) is 0 Å². The van der Waals surface area contributed by atoms with Crippen LogP contribution in [0.5, 0.6) is 0 Å². The Morgan fingerprint density at radius 3 is 3.04 bits per heavy atom. The lowest BCUT2D eigenvalue weighted by Crippen LogP contribution is -1.94. The second kappa shape index (κ2) is 4.55. The number of anilines is 2. The molecule has 6 nitrogen and oxygen atoms in total. The van der Waals surface area contributed by atoms with E-state index in [4.69, 9.17) is 5.10 Å². The predicted molar refractivity (Wildman–Crippen MR) is 89.9 cm³/mol. The number of nitrogens with zero attached hydrogens (tertiary/aromatic N) is 4. The first kappa shape index (κ1) is 12.6. The molecule has 0 amide bonds. The van der Waals surface area contributed by atoms with Crippen LogP contribution in [0.3, 0.4) is 0 Å². The van der Waals surface area contributed by atoms with Gasteiger partial charge in [0.25, 0.3) is 0 Å². The lowest BCUT2D eigenvalue weighted by molar-refractivity contribution is 0.767. The highest BCUT2D eigenvalue weighted by Crippen LogP contribution is 2.42. The van der Waals surface area contributed by atoms with Crippen LogP contribution in [-0.2, 0) is 7.05 Å². The van der Waals surface area contributed by atoms with E-state index in [1.165, 1.54) is 23.9 Å². The average molecular weight is 304 g/mol. The number of rotatable bonds is 3. The number of benzene rings is 1. The van der Waals surface area contributed by atoms with Gasteiger partial charge < -0.3 is 5.32 Å². The molecule has 0 aliphatic heterocycles. The molecule has 0 radical (unpaired) electrons. The van der Waals surface area contributed by atoms with Gasteiger partial charge in [-0.2, -0.15) is 10.2 Å². The van der Waals surface area contributed by atoms with Gasteiger partial charge in [0.2, 0.25) is 0 Å². The number of nitrogens with one attached hydrogen (secondary N) is 2. The zero-order valence-corrected chi connectivity index (χ0v) is 12.7. The molecule has 0 saturated heterocycles. The van der Waals surface area contributed by atoms with Crippen molar-refractivity contribution in [3.05, 3.63) is 42.2 Å². The lowest BCUT2D eigenvalue weighted by Gasteiger charge is -2.04. The maximum Gasteiger partial charge on any atom is 0.178 e. The first-order valence-electron chi connectivity index (χ1n) is 7.82. The second-order valence-corrected chi connectivity index (χ2v) is 6.11. The van der Waals surface area contributed by atoms with Crippen molar-refractivity contribution >= 4 is 33.4 Å². The van der Waals surface area contributed by atoms with E-state index in [2.05, 4.69) is 38.7 Å². The number of pyridine rings is 1. The maximum absolute atomic E-state index is 4.69. The number of fused-ring (bicyclic) bond motifs is 2. The van der Waals surface area contributed by atoms with Gasteiger partial charge in [-0.15, -0.1) is 0 Å². The zero-order valence-electron chi connectivity index (χ0n) is 12.7. The molecule has 0 atom stereocenters. The minimum absolute atomic E-state index is 0.650. The summed E-state index contributed by atoms with van der Waals surface area (Å²) < 4.78 is 1.97. The zero-order chi connectivity index (χ0) is 15.4. The summed E-state index contributed by atoms with van der Waals surface area (Å²) >= 11 is 0. The average Bonchev–Trinajstić information content (AvgIpc) is 3.27. The summed E-state index contributed by atoms with van der Waals surface area (Å²) in [5.41, 5.74) is 5.14. The van der Waals surface area contributed by atoms with Crippen molar-refractivity contribution in [3.8, 4) is 0 Å². The summed E-state index contributed by atoms with van der Waals surface area (Å²) in [6, 6.07) is 10.2. The van der Waals surface area contributed by atoms with E-state index < -0.39 is 0 Å². The lowest BCUT2D eigenvalue weighted by atomic mass is 10.1. The molecule has 3 aromatic heterocycles. The van der Waals surface area contributed by atoms with E-state index in [0.717, 1.165) is 28.1 Å². The molecule has 1 aliphatic rings. The van der Waals surface area contributed by atoms with Gasteiger partial charge in [-0.05, 0) is 43.2 Å². The summed E-state index contributed by atoms with van der Waals surface area (Å²) in [4.78, 5) is 4.38. The molecule has 1 fully saturated rings. The van der Waals surface area contributed by atoms with Crippen molar-refractivity contribution < 1.29 is 0 Å². The number of H-pyrrole nitrogens is 1. The Morgan fingerprint density at radius 2 is 2.17 bits per heavy atom. The first-order valence-corrected chi connectivity index (χ1v) is 7.82. The normalized spacial score (nSPS) is 14.7. The highest BCUT2D eigenvalue weighted by atomic mass is 15.3. The van der Waals surface area contributed by atoms with Gasteiger partial charge in [-0.3, -0.25) is 14.8 Å². The Labute approximate surface area is 132 Å². The van der Waals surface area contributed by atoms with Crippen molar-refractivity contribution in [2.75, 3.05) is 5.32 Å². The number of aryl methyl sites for hydroxylation is 1. The molecule has 1 saturated carbocycles. The van der Waals surface area contributed by atoms with Crippen molar-refractivity contribution in [1.82, 2.24) is 25.0 Å². The molecule has 1 aromatic carbocycles. The number of aromatic amines is 1. The quantitative estimate of drug-likeness (QED) is 0.608. The molecular formula is C17H16N6. The fourth-order valence-electron chi connectivity index (χ4n) is 3.10. The topological polar surface area (TPSA) is 71.4 Å². The summed E-state index contributed by atoms with van der Waals surface area (Å²) in [7, 11) is 2.00. The van der Waals surface area contributed by atoms with Crippen molar-refractivity contribution in [2.45, 2.75) is 18.8 Å². The third-order valence-electron chi connectivity index (χ3n) is 4.43. The van der Waals surface area contributed by atoms with Crippen LogP contribution in [0.25, 0.3) is 21.9 Å². The van der Waals surface area contributed by atoms with Crippen LogP contribution in [0, 0.1) is 0 Å². The summed E-state index contributed by atoms with van der Waals surface area (Å²) in [5, 5.41) is 16.6. The van der Waals surface area contributed by atoms with E-state index in [1.54, 1.807) is 6.20 Å². The highest BCUT2D eigenvalue weighted by Gasteiger charge is 2.28. The Morgan fingerprint density at radius 1 is 1.26 bits per heavy atom. The Hall–Kier alpha value is -2.89. The molecule has 0 spiro atoms. The predicted octanol–water partition coefficient (Wildman–Crippen LogP) is 3.47. The van der Waals surface area contributed by atoms with Crippen LogP contribution in [0.2, 0.25) is 0 Å². The van der Waals surface area contributed by atoms with Gasteiger partial charge in [0.1, 0.15) is 5.52 Å². The SMILES string of the molecule is Cn1nc(C2CC2)c2ccc(Nc3n[nH]c4cccnc34)cc21. The minimum Gasteiger partial charge on any atom is -0.337 e. The van der Waals surface area contributed by atoms with Gasteiger partial charge in [0.15, 0.2) is 5.82 Å². The molecule has 4 aromatic rings. The first-order chi connectivity index (χ1) is 11.3. The van der Waals surface area contributed by atoms with Gasteiger partial charge in [0, 0.05) is 30.2 Å². The van der Waals surface area contributed by atoms with Gasteiger partial charge in [-0.1, -0.05) is 0 Å². The maximum atomic E-state index is 4.69. The molecule has 23 heavy (non-hydrogen) atoms. The number of aromatic nitrogens is 5. The summed E-state index contributed by atoms with van der Waals surface area (Å²) in [5.74, 6) is 1.39. The molecule has 0 unspecified atom stereocenters. The third-order valence-corrected chi connectivity index (χ3v) is 4.43. The van der Waals surface area contributed by atoms with Gasteiger partial charge in [-0.25, -0.2) is 0 Å². The Balaban J connectivity index is 1.57. The van der Waals surface area contributed by atoms with Crippen LogP contribution in [0.15, 0.2) is 36.5 Å². The molecule has 5 rings (SSSR count).